The Bertz CT molecular complexity index is 255. The molecule has 0 unspecified atom stereocenters. The van der Waals surface area contributed by atoms with Crippen LogP contribution in [0.4, 0.5) is 0 Å². The fourth-order valence-electron chi connectivity index (χ4n) is 2.11. The van der Waals surface area contributed by atoms with Crippen LogP contribution in [0.5, 0.6) is 5.75 Å². The van der Waals surface area contributed by atoms with E-state index >= 15 is 0 Å². The summed E-state index contributed by atoms with van der Waals surface area (Å²) < 4.78 is 1.80. The van der Waals surface area contributed by atoms with E-state index in [2.05, 4.69) is 5.10 Å². The molecule has 66 valence electrons. The van der Waals surface area contributed by atoms with Crippen molar-refractivity contribution in [3.05, 3.63) is 11.9 Å². The van der Waals surface area contributed by atoms with E-state index in [9.17, 15) is 5.11 Å². The van der Waals surface area contributed by atoms with Crippen LogP contribution >= 0.6 is 0 Å². The lowest BCUT2D eigenvalue weighted by molar-refractivity contribution is 0.455. The predicted octanol–water partition coefficient (Wildman–Crippen LogP) is 1.78. The molecule has 1 aliphatic carbocycles. The number of hydrogen-bond acceptors (Lipinski definition) is 2. The maximum atomic E-state index is 9.51. The van der Waals surface area contributed by atoms with Gasteiger partial charge in [-0.15, -0.1) is 0 Å². The molecule has 1 heterocycles. The third-order valence-electron chi connectivity index (χ3n) is 2.71. The maximum absolute atomic E-state index is 9.51. The van der Waals surface area contributed by atoms with Crippen LogP contribution in [-0.4, -0.2) is 14.9 Å². The Kier molecular flexibility index (Phi) is 1.79. The number of aromatic nitrogens is 2. The second kappa shape index (κ2) is 2.81. The summed E-state index contributed by atoms with van der Waals surface area (Å²) in [5, 5.41) is 13.5. The molecule has 0 saturated heterocycles. The number of aryl methyl sites for hydroxylation is 1. The Morgan fingerprint density at radius 2 is 2.17 bits per heavy atom. The summed E-state index contributed by atoms with van der Waals surface area (Å²) in [4.78, 5) is 0. The Morgan fingerprint density at radius 1 is 1.50 bits per heavy atom. The number of hydrogen-bond donors (Lipinski definition) is 1. The summed E-state index contributed by atoms with van der Waals surface area (Å²) >= 11 is 0. The standard InChI is InChI=1S/C9H14N2O/c1-11-9(8(12)6-10-11)7-4-2-3-5-7/h6-7,12H,2-5H2,1H3. The summed E-state index contributed by atoms with van der Waals surface area (Å²) in [6, 6.07) is 0. The summed E-state index contributed by atoms with van der Waals surface area (Å²) in [6.45, 7) is 0. The van der Waals surface area contributed by atoms with E-state index in [1.165, 1.54) is 31.9 Å². The smallest absolute Gasteiger partial charge is 0.157 e. The van der Waals surface area contributed by atoms with Gasteiger partial charge in [0.2, 0.25) is 0 Å². The first-order valence-electron chi connectivity index (χ1n) is 4.50. The highest BCUT2D eigenvalue weighted by molar-refractivity contribution is 5.27. The maximum Gasteiger partial charge on any atom is 0.157 e. The van der Waals surface area contributed by atoms with Crippen LogP contribution in [0.3, 0.4) is 0 Å². The molecule has 12 heavy (non-hydrogen) atoms. The first kappa shape index (κ1) is 7.65. The first-order valence-corrected chi connectivity index (χ1v) is 4.50. The number of aromatic hydroxyl groups is 1. The van der Waals surface area contributed by atoms with Crippen molar-refractivity contribution in [1.29, 1.82) is 0 Å². The molecule has 0 amide bonds. The SMILES string of the molecule is Cn1ncc(O)c1C1CCCC1. The summed E-state index contributed by atoms with van der Waals surface area (Å²) in [6.07, 6.45) is 6.51. The molecule has 0 spiro atoms. The zero-order valence-electron chi connectivity index (χ0n) is 7.32. The third-order valence-corrected chi connectivity index (χ3v) is 2.71. The van der Waals surface area contributed by atoms with Crippen LogP contribution in [-0.2, 0) is 7.05 Å². The highest BCUT2D eigenvalue weighted by Crippen LogP contribution is 2.37. The van der Waals surface area contributed by atoms with E-state index in [0.717, 1.165) is 5.69 Å². The van der Waals surface area contributed by atoms with Crippen molar-refractivity contribution in [2.75, 3.05) is 0 Å². The van der Waals surface area contributed by atoms with Gasteiger partial charge in [-0.05, 0) is 12.8 Å². The Labute approximate surface area is 72.0 Å². The minimum atomic E-state index is 0.365. The van der Waals surface area contributed by atoms with Crippen LogP contribution in [0.15, 0.2) is 6.20 Å². The molecule has 1 fully saturated rings. The number of rotatable bonds is 1. The van der Waals surface area contributed by atoms with Gasteiger partial charge in [-0.25, -0.2) is 0 Å². The van der Waals surface area contributed by atoms with E-state index < -0.39 is 0 Å². The van der Waals surface area contributed by atoms with Crippen molar-refractivity contribution in [2.24, 2.45) is 7.05 Å². The average molecular weight is 166 g/mol. The van der Waals surface area contributed by atoms with Crippen molar-refractivity contribution in [3.63, 3.8) is 0 Å². The second-order valence-electron chi connectivity index (χ2n) is 3.52. The fraction of sp³-hybridized carbons (Fsp3) is 0.667. The normalized spacial score (nSPS) is 18.8. The van der Waals surface area contributed by atoms with Crippen molar-refractivity contribution >= 4 is 0 Å². The molecule has 1 aromatic rings. The van der Waals surface area contributed by atoms with Crippen molar-refractivity contribution in [1.82, 2.24) is 9.78 Å². The summed E-state index contributed by atoms with van der Waals surface area (Å²) in [7, 11) is 1.90. The van der Waals surface area contributed by atoms with Crippen molar-refractivity contribution < 1.29 is 5.11 Å². The zero-order valence-corrected chi connectivity index (χ0v) is 7.32. The largest absolute Gasteiger partial charge is 0.504 e. The Hall–Kier alpha value is -0.990. The minimum absolute atomic E-state index is 0.365. The van der Waals surface area contributed by atoms with E-state index in [4.69, 9.17) is 0 Å². The van der Waals surface area contributed by atoms with E-state index in [0.29, 0.717) is 11.7 Å². The lowest BCUT2D eigenvalue weighted by Crippen LogP contribution is -2.02. The van der Waals surface area contributed by atoms with Crippen molar-refractivity contribution in [2.45, 2.75) is 31.6 Å². The molecule has 1 N–H and O–H groups in total. The molecule has 0 bridgehead atoms. The predicted molar refractivity (Wildman–Crippen MR) is 46.1 cm³/mol. The molecular formula is C9H14N2O. The van der Waals surface area contributed by atoms with Crippen LogP contribution in [0.25, 0.3) is 0 Å². The first-order chi connectivity index (χ1) is 5.79. The van der Waals surface area contributed by atoms with Gasteiger partial charge in [0.1, 0.15) is 0 Å². The van der Waals surface area contributed by atoms with Gasteiger partial charge in [0.25, 0.3) is 0 Å². The highest BCUT2D eigenvalue weighted by Gasteiger charge is 2.22. The quantitative estimate of drug-likeness (QED) is 0.690. The van der Waals surface area contributed by atoms with Crippen LogP contribution in [0.2, 0.25) is 0 Å². The lowest BCUT2D eigenvalue weighted by Gasteiger charge is -2.09. The van der Waals surface area contributed by atoms with Gasteiger partial charge in [-0.2, -0.15) is 5.10 Å². The minimum Gasteiger partial charge on any atom is -0.504 e. The zero-order chi connectivity index (χ0) is 8.55. The van der Waals surface area contributed by atoms with Gasteiger partial charge in [-0.3, -0.25) is 4.68 Å². The Morgan fingerprint density at radius 3 is 2.67 bits per heavy atom. The second-order valence-corrected chi connectivity index (χ2v) is 3.52. The molecule has 0 radical (unpaired) electrons. The summed E-state index contributed by atoms with van der Waals surface area (Å²) in [5.74, 6) is 0.905. The van der Waals surface area contributed by atoms with Gasteiger partial charge < -0.3 is 5.11 Å². The van der Waals surface area contributed by atoms with Crippen molar-refractivity contribution in [3.8, 4) is 5.75 Å². The van der Waals surface area contributed by atoms with E-state index in [-0.39, 0.29) is 0 Å². The van der Waals surface area contributed by atoms with Crippen LogP contribution < -0.4 is 0 Å². The van der Waals surface area contributed by atoms with E-state index in [1.54, 1.807) is 4.68 Å². The molecule has 1 aromatic heterocycles. The lowest BCUT2D eigenvalue weighted by atomic mass is 10.0. The average Bonchev–Trinajstić information content (AvgIpc) is 2.61. The fourth-order valence-corrected chi connectivity index (χ4v) is 2.11. The molecule has 0 aliphatic heterocycles. The van der Waals surface area contributed by atoms with Gasteiger partial charge in [0.05, 0.1) is 11.9 Å². The third kappa shape index (κ3) is 1.09. The molecule has 1 saturated carbocycles. The molecule has 3 nitrogen and oxygen atoms in total. The monoisotopic (exact) mass is 166 g/mol. The molecular weight excluding hydrogens is 152 g/mol. The topological polar surface area (TPSA) is 38.0 Å². The molecule has 0 atom stereocenters. The van der Waals surface area contributed by atoms with Crippen LogP contribution in [0, 0.1) is 0 Å². The molecule has 3 heteroatoms. The van der Waals surface area contributed by atoms with Crippen LogP contribution in [0.1, 0.15) is 37.3 Å². The van der Waals surface area contributed by atoms with Gasteiger partial charge in [0.15, 0.2) is 5.75 Å². The van der Waals surface area contributed by atoms with Gasteiger partial charge >= 0.3 is 0 Å². The Balaban J connectivity index is 2.30. The molecule has 2 rings (SSSR count). The highest BCUT2D eigenvalue weighted by atomic mass is 16.3. The van der Waals surface area contributed by atoms with Gasteiger partial charge in [-0.1, -0.05) is 12.8 Å². The van der Waals surface area contributed by atoms with Gasteiger partial charge in [0, 0.05) is 13.0 Å². The van der Waals surface area contributed by atoms with E-state index in [1.807, 2.05) is 7.05 Å². The molecule has 1 aliphatic rings. The summed E-state index contributed by atoms with van der Waals surface area (Å²) in [5.41, 5.74) is 1.02. The number of nitrogens with zero attached hydrogens (tertiary/aromatic N) is 2. The molecule has 0 aromatic carbocycles.